The molecule has 1 nitrogen and oxygen atoms in total. The molecule has 1 aromatic carbocycles. The molecule has 0 atom stereocenters. The van der Waals surface area contributed by atoms with Crippen LogP contribution >= 0.6 is 11.3 Å². The summed E-state index contributed by atoms with van der Waals surface area (Å²) in [6.45, 7) is 5.97. The zero-order chi connectivity index (χ0) is 12.3. The Morgan fingerprint density at radius 1 is 1.29 bits per heavy atom. The van der Waals surface area contributed by atoms with E-state index in [0.29, 0.717) is 0 Å². The van der Waals surface area contributed by atoms with Gasteiger partial charge in [0.05, 0.1) is 5.51 Å². The number of benzene rings is 1. The van der Waals surface area contributed by atoms with Crippen molar-refractivity contribution in [2.45, 2.75) is 26.2 Å². The van der Waals surface area contributed by atoms with E-state index in [1.165, 1.54) is 24.0 Å². The van der Waals surface area contributed by atoms with Gasteiger partial charge in [0.15, 0.2) is 0 Å². The van der Waals surface area contributed by atoms with Gasteiger partial charge in [0.25, 0.3) is 0 Å². The summed E-state index contributed by atoms with van der Waals surface area (Å²) < 4.78 is 0. The second kappa shape index (κ2) is 8.71. The Bertz CT molecular complexity index is 389. The van der Waals surface area contributed by atoms with Crippen LogP contribution in [0.15, 0.2) is 54.0 Å². The molecule has 90 valence electrons. The first-order valence-electron chi connectivity index (χ1n) is 5.88. The molecule has 0 saturated heterocycles. The molecule has 17 heavy (non-hydrogen) atoms. The molecule has 0 amide bonds. The molecule has 2 aromatic rings. The summed E-state index contributed by atoms with van der Waals surface area (Å²) in [5, 5.41) is 1.93. The van der Waals surface area contributed by atoms with Crippen molar-refractivity contribution in [3.8, 4) is 0 Å². The third-order valence-corrected chi connectivity index (χ3v) is 2.87. The summed E-state index contributed by atoms with van der Waals surface area (Å²) in [4.78, 5) is 3.74. The predicted octanol–water partition coefficient (Wildman–Crippen LogP) is 4.51. The molecule has 1 heterocycles. The lowest BCUT2D eigenvalue weighted by atomic mass is 10.0. The summed E-state index contributed by atoms with van der Waals surface area (Å²) in [5.74, 6) is 0. The van der Waals surface area contributed by atoms with Crippen LogP contribution in [-0.2, 0) is 12.8 Å². The van der Waals surface area contributed by atoms with Crippen LogP contribution in [0, 0.1) is 0 Å². The van der Waals surface area contributed by atoms with E-state index in [9.17, 15) is 0 Å². The second-order valence-corrected chi connectivity index (χ2v) is 4.44. The van der Waals surface area contributed by atoms with Crippen molar-refractivity contribution in [2.75, 3.05) is 0 Å². The molecule has 2 rings (SSSR count). The number of hydrogen-bond acceptors (Lipinski definition) is 2. The molecule has 0 radical (unpaired) electrons. The van der Waals surface area contributed by atoms with Crippen molar-refractivity contribution in [2.24, 2.45) is 0 Å². The fraction of sp³-hybridized carbons (Fsp3) is 0.267. The lowest BCUT2D eigenvalue weighted by molar-refractivity contribution is 0.906. The van der Waals surface area contributed by atoms with Crippen LogP contribution in [0.25, 0.3) is 0 Å². The topological polar surface area (TPSA) is 12.9 Å². The monoisotopic (exact) mass is 245 g/mol. The highest BCUT2D eigenvalue weighted by atomic mass is 32.1. The molecule has 0 fully saturated rings. The van der Waals surface area contributed by atoms with Crippen LogP contribution in [0.3, 0.4) is 0 Å². The molecule has 2 heteroatoms. The highest BCUT2D eigenvalue weighted by Gasteiger charge is 1.97. The van der Waals surface area contributed by atoms with E-state index in [-0.39, 0.29) is 0 Å². The van der Waals surface area contributed by atoms with Crippen LogP contribution in [0.2, 0.25) is 0 Å². The zero-order valence-electron chi connectivity index (χ0n) is 10.3. The Labute approximate surface area is 108 Å². The molecule has 1 aromatic heterocycles. The van der Waals surface area contributed by atoms with E-state index in [1.54, 1.807) is 23.0 Å². The quantitative estimate of drug-likeness (QED) is 0.722. The number of thiazole rings is 1. The van der Waals surface area contributed by atoms with E-state index in [0.717, 1.165) is 6.42 Å². The Hall–Kier alpha value is -1.41. The standard InChI is InChI=1S/C12H16.C3H3NS/c1-3-7-11-9-5-6-10-12(11)8-4-2;1-2-5-3-4-1/h3,5-6,9-10H,1,4,7-8H2,2H3;1-3H. The van der Waals surface area contributed by atoms with Crippen molar-refractivity contribution in [1.82, 2.24) is 4.98 Å². The molecule has 0 spiro atoms. The van der Waals surface area contributed by atoms with Crippen LogP contribution in [-0.4, -0.2) is 4.98 Å². The molecular formula is C15H19NS. The number of hydrogen-bond donors (Lipinski definition) is 0. The van der Waals surface area contributed by atoms with Crippen LogP contribution in [0.5, 0.6) is 0 Å². The first-order valence-corrected chi connectivity index (χ1v) is 6.82. The van der Waals surface area contributed by atoms with Crippen LogP contribution in [0.4, 0.5) is 0 Å². The molecular weight excluding hydrogens is 226 g/mol. The summed E-state index contributed by atoms with van der Waals surface area (Å²) in [6, 6.07) is 8.60. The lowest BCUT2D eigenvalue weighted by Crippen LogP contribution is -1.91. The largest absolute Gasteiger partial charge is 0.253 e. The Morgan fingerprint density at radius 2 is 2.06 bits per heavy atom. The third kappa shape index (κ3) is 5.45. The molecule has 0 N–H and O–H groups in total. The summed E-state index contributed by atoms with van der Waals surface area (Å²) in [5.41, 5.74) is 4.69. The highest BCUT2D eigenvalue weighted by molar-refractivity contribution is 7.07. The van der Waals surface area contributed by atoms with Gasteiger partial charge in [0, 0.05) is 11.6 Å². The fourth-order valence-electron chi connectivity index (χ4n) is 1.60. The SMILES string of the molecule is C=CCc1ccccc1CCC.c1cscn1. The molecule has 0 saturated carbocycles. The smallest absolute Gasteiger partial charge is 0.0791 e. The number of aromatic nitrogens is 1. The van der Waals surface area contributed by atoms with Crippen LogP contribution < -0.4 is 0 Å². The average molecular weight is 245 g/mol. The van der Waals surface area contributed by atoms with Crippen molar-refractivity contribution in [3.05, 3.63) is 65.1 Å². The van der Waals surface area contributed by atoms with E-state index in [4.69, 9.17) is 0 Å². The van der Waals surface area contributed by atoms with E-state index in [1.807, 2.05) is 11.5 Å². The molecule has 0 aliphatic heterocycles. The zero-order valence-corrected chi connectivity index (χ0v) is 11.1. The maximum absolute atomic E-state index is 3.76. The van der Waals surface area contributed by atoms with Gasteiger partial charge in [-0.3, -0.25) is 4.98 Å². The van der Waals surface area contributed by atoms with Crippen molar-refractivity contribution in [1.29, 1.82) is 0 Å². The molecule has 0 bridgehead atoms. The third-order valence-electron chi connectivity index (χ3n) is 2.35. The van der Waals surface area contributed by atoms with E-state index < -0.39 is 0 Å². The normalized spacial score (nSPS) is 9.24. The van der Waals surface area contributed by atoms with E-state index >= 15 is 0 Å². The van der Waals surface area contributed by atoms with Crippen LogP contribution in [0.1, 0.15) is 24.5 Å². The van der Waals surface area contributed by atoms with E-state index in [2.05, 4.69) is 42.8 Å². The summed E-state index contributed by atoms with van der Waals surface area (Å²) in [6.07, 6.45) is 7.13. The maximum atomic E-state index is 3.76. The lowest BCUT2D eigenvalue weighted by Gasteiger charge is -2.05. The van der Waals surface area contributed by atoms with Gasteiger partial charge in [-0.1, -0.05) is 43.7 Å². The summed E-state index contributed by atoms with van der Waals surface area (Å²) in [7, 11) is 0. The Kier molecular flexibility index (Phi) is 6.99. The van der Waals surface area contributed by atoms with Gasteiger partial charge in [-0.15, -0.1) is 17.9 Å². The van der Waals surface area contributed by atoms with Crippen molar-refractivity contribution >= 4 is 11.3 Å². The minimum Gasteiger partial charge on any atom is -0.253 e. The average Bonchev–Trinajstić information content (AvgIpc) is 2.91. The minimum absolute atomic E-state index is 0.996. The molecule has 0 unspecified atom stereocenters. The van der Waals surface area contributed by atoms with Crippen molar-refractivity contribution < 1.29 is 0 Å². The van der Waals surface area contributed by atoms with Gasteiger partial charge in [0.2, 0.25) is 0 Å². The molecule has 0 aliphatic carbocycles. The first kappa shape index (κ1) is 13.7. The van der Waals surface area contributed by atoms with Gasteiger partial charge in [0.1, 0.15) is 0 Å². The number of nitrogens with zero attached hydrogens (tertiary/aromatic N) is 1. The summed E-state index contributed by atoms with van der Waals surface area (Å²) >= 11 is 1.60. The number of rotatable bonds is 4. The molecule has 0 aliphatic rings. The number of allylic oxidation sites excluding steroid dienone is 1. The Balaban J connectivity index is 0.000000239. The van der Waals surface area contributed by atoms with Gasteiger partial charge in [-0.25, -0.2) is 0 Å². The fourth-order valence-corrected chi connectivity index (χ4v) is 1.95. The minimum atomic E-state index is 0.996. The van der Waals surface area contributed by atoms with Crippen molar-refractivity contribution in [3.63, 3.8) is 0 Å². The first-order chi connectivity index (χ1) is 8.38. The van der Waals surface area contributed by atoms with Gasteiger partial charge in [-0.2, -0.15) is 0 Å². The van der Waals surface area contributed by atoms with Gasteiger partial charge < -0.3 is 0 Å². The second-order valence-electron chi connectivity index (χ2n) is 3.69. The van der Waals surface area contributed by atoms with Gasteiger partial charge in [-0.05, 0) is 24.0 Å². The Morgan fingerprint density at radius 3 is 2.53 bits per heavy atom. The number of aryl methyl sites for hydroxylation is 1. The highest BCUT2D eigenvalue weighted by Crippen LogP contribution is 2.11. The maximum Gasteiger partial charge on any atom is 0.0791 e. The van der Waals surface area contributed by atoms with Gasteiger partial charge >= 0.3 is 0 Å². The predicted molar refractivity (Wildman–Crippen MR) is 76.5 cm³/mol.